The molecule has 0 aliphatic carbocycles. The van der Waals surface area contributed by atoms with Gasteiger partial charge in [-0.3, -0.25) is 19.3 Å². The van der Waals surface area contributed by atoms with Gasteiger partial charge in [0.1, 0.15) is 6.54 Å². The van der Waals surface area contributed by atoms with Gasteiger partial charge < -0.3 is 14.8 Å². The number of anilines is 1. The monoisotopic (exact) mass is 426 g/mol. The van der Waals surface area contributed by atoms with Crippen LogP contribution in [0.2, 0.25) is 0 Å². The van der Waals surface area contributed by atoms with Gasteiger partial charge in [0, 0.05) is 5.69 Å². The average molecular weight is 426 g/mol. The first-order valence-corrected chi connectivity index (χ1v) is 9.98. The van der Waals surface area contributed by atoms with E-state index in [0.29, 0.717) is 22.7 Å². The zero-order chi connectivity index (χ0) is 21.8. The van der Waals surface area contributed by atoms with Crippen LogP contribution in [0.1, 0.15) is 16.7 Å². The summed E-state index contributed by atoms with van der Waals surface area (Å²) in [7, 11) is 3.05. The van der Waals surface area contributed by atoms with Gasteiger partial charge in [0.15, 0.2) is 11.5 Å². The Kier molecular flexibility index (Phi) is 6.47. The number of benzene rings is 2. The average Bonchev–Trinajstić information content (AvgIpc) is 2.97. The molecular weight excluding hydrogens is 404 g/mol. The summed E-state index contributed by atoms with van der Waals surface area (Å²) >= 11 is 0.800. The van der Waals surface area contributed by atoms with E-state index in [9.17, 15) is 14.4 Å². The van der Waals surface area contributed by atoms with Crippen molar-refractivity contribution in [1.29, 1.82) is 0 Å². The van der Waals surface area contributed by atoms with E-state index in [-0.39, 0.29) is 11.4 Å². The van der Waals surface area contributed by atoms with Crippen molar-refractivity contribution in [3.05, 3.63) is 58.0 Å². The van der Waals surface area contributed by atoms with Crippen LogP contribution in [0.25, 0.3) is 6.08 Å². The lowest BCUT2D eigenvalue weighted by molar-refractivity contribution is -0.127. The maximum Gasteiger partial charge on any atom is 0.294 e. The van der Waals surface area contributed by atoms with Crippen molar-refractivity contribution in [3.63, 3.8) is 0 Å². The number of nitrogens with zero attached hydrogens (tertiary/aromatic N) is 1. The fraction of sp³-hybridized carbons (Fsp3) is 0.227. The highest BCUT2D eigenvalue weighted by Gasteiger charge is 2.36. The van der Waals surface area contributed by atoms with E-state index < -0.39 is 17.1 Å². The van der Waals surface area contributed by atoms with Gasteiger partial charge in [0.2, 0.25) is 5.91 Å². The molecule has 3 amide bonds. The molecule has 1 aliphatic rings. The zero-order valence-corrected chi connectivity index (χ0v) is 18.0. The number of amides is 3. The molecule has 0 atom stereocenters. The smallest absolute Gasteiger partial charge is 0.294 e. The van der Waals surface area contributed by atoms with Gasteiger partial charge >= 0.3 is 0 Å². The molecule has 8 heteroatoms. The number of imide groups is 1. The van der Waals surface area contributed by atoms with Crippen molar-refractivity contribution in [2.24, 2.45) is 0 Å². The van der Waals surface area contributed by atoms with E-state index in [2.05, 4.69) is 5.32 Å². The molecular formula is C22H22N2O5S. The van der Waals surface area contributed by atoms with Crippen LogP contribution in [0.5, 0.6) is 11.5 Å². The first kappa shape index (κ1) is 21.4. The molecule has 2 aromatic carbocycles. The summed E-state index contributed by atoms with van der Waals surface area (Å²) in [6.45, 7) is 3.50. The van der Waals surface area contributed by atoms with Gasteiger partial charge in [-0.05, 0) is 61.0 Å². The third kappa shape index (κ3) is 4.65. The number of methoxy groups -OCH3 is 2. The minimum atomic E-state index is -0.504. The second-order valence-corrected chi connectivity index (χ2v) is 7.74. The van der Waals surface area contributed by atoms with Gasteiger partial charge in [-0.2, -0.15) is 0 Å². The molecule has 0 saturated carbocycles. The second kappa shape index (κ2) is 9.04. The third-order valence-electron chi connectivity index (χ3n) is 4.54. The topological polar surface area (TPSA) is 84.9 Å². The number of carbonyl (C=O) groups is 3. The molecule has 3 rings (SSSR count). The van der Waals surface area contributed by atoms with E-state index in [0.717, 1.165) is 27.8 Å². The van der Waals surface area contributed by atoms with Crippen molar-refractivity contribution < 1.29 is 23.9 Å². The Morgan fingerprint density at radius 3 is 2.47 bits per heavy atom. The lowest BCUT2D eigenvalue weighted by Gasteiger charge is -2.14. The Bertz CT molecular complexity index is 1050. The van der Waals surface area contributed by atoms with Crippen molar-refractivity contribution in [2.45, 2.75) is 13.8 Å². The Morgan fingerprint density at radius 2 is 1.80 bits per heavy atom. The predicted octanol–water partition coefficient (Wildman–Crippen LogP) is 4.00. The highest BCUT2D eigenvalue weighted by atomic mass is 32.2. The highest BCUT2D eigenvalue weighted by molar-refractivity contribution is 8.18. The van der Waals surface area contributed by atoms with Crippen LogP contribution in [-0.2, 0) is 9.59 Å². The third-order valence-corrected chi connectivity index (χ3v) is 5.44. The minimum Gasteiger partial charge on any atom is -0.493 e. The lowest BCUT2D eigenvalue weighted by Crippen LogP contribution is -2.36. The fourth-order valence-electron chi connectivity index (χ4n) is 3.02. The molecule has 1 N–H and O–H groups in total. The first-order valence-electron chi connectivity index (χ1n) is 9.17. The molecule has 0 radical (unpaired) electrons. The van der Waals surface area contributed by atoms with Gasteiger partial charge in [0.05, 0.1) is 19.1 Å². The molecule has 7 nitrogen and oxygen atoms in total. The molecule has 30 heavy (non-hydrogen) atoms. The summed E-state index contributed by atoms with van der Waals surface area (Å²) in [6.07, 6.45) is 1.59. The summed E-state index contributed by atoms with van der Waals surface area (Å²) in [5.74, 6) is 0.135. The maximum atomic E-state index is 12.7. The van der Waals surface area contributed by atoms with E-state index in [1.165, 1.54) is 14.2 Å². The molecule has 0 unspecified atom stereocenters. The van der Waals surface area contributed by atoms with Crippen molar-refractivity contribution in [3.8, 4) is 11.5 Å². The quantitative estimate of drug-likeness (QED) is 0.703. The Morgan fingerprint density at radius 1 is 1.07 bits per heavy atom. The molecule has 0 bridgehead atoms. The predicted molar refractivity (Wildman–Crippen MR) is 117 cm³/mol. The Hall–Kier alpha value is -3.26. The van der Waals surface area contributed by atoms with Crippen LogP contribution in [0.4, 0.5) is 10.5 Å². The van der Waals surface area contributed by atoms with E-state index in [1.54, 1.807) is 30.3 Å². The van der Waals surface area contributed by atoms with Crippen LogP contribution in [0, 0.1) is 13.8 Å². The molecule has 0 spiro atoms. The van der Waals surface area contributed by atoms with Crippen LogP contribution >= 0.6 is 11.8 Å². The number of rotatable bonds is 6. The highest BCUT2D eigenvalue weighted by Crippen LogP contribution is 2.34. The molecule has 2 aromatic rings. The molecule has 0 aromatic heterocycles. The minimum absolute atomic E-state index is 0.242. The molecule has 1 aliphatic heterocycles. The SMILES string of the molecule is COc1ccc(/C=C2\SC(=O)N(CC(=O)Nc3ccc(C)cc3C)C2=O)cc1OC. The first-order chi connectivity index (χ1) is 14.3. The van der Waals surface area contributed by atoms with Crippen molar-refractivity contribution in [2.75, 3.05) is 26.1 Å². The number of hydrogen-bond acceptors (Lipinski definition) is 6. The standard InChI is InChI=1S/C22H22N2O5S/c1-13-5-7-16(14(2)9-13)23-20(25)12-24-21(26)19(30-22(24)27)11-15-6-8-17(28-3)18(10-15)29-4/h5-11H,12H2,1-4H3,(H,23,25)/b19-11-. The van der Waals surface area contributed by atoms with Gasteiger partial charge in [-0.25, -0.2) is 0 Å². The summed E-state index contributed by atoms with van der Waals surface area (Å²) in [6, 6.07) is 10.8. The number of nitrogens with one attached hydrogen (secondary N) is 1. The fourth-order valence-corrected chi connectivity index (χ4v) is 3.86. The van der Waals surface area contributed by atoms with Crippen LogP contribution in [-0.4, -0.2) is 42.7 Å². The summed E-state index contributed by atoms with van der Waals surface area (Å²) in [5, 5.41) is 2.27. The van der Waals surface area contributed by atoms with Gasteiger partial charge in [-0.1, -0.05) is 23.8 Å². The molecule has 156 valence electrons. The maximum absolute atomic E-state index is 12.7. The second-order valence-electron chi connectivity index (χ2n) is 6.75. The largest absolute Gasteiger partial charge is 0.493 e. The summed E-state index contributed by atoms with van der Waals surface area (Å²) < 4.78 is 10.5. The van der Waals surface area contributed by atoms with E-state index in [4.69, 9.17) is 9.47 Å². The van der Waals surface area contributed by atoms with Crippen LogP contribution in [0.15, 0.2) is 41.3 Å². The number of thioether (sulfide) groups is 1. The molecule has 1 heterocycles. The lowest BCUT2D eigenvalue weighted by atomic mass is 10.1. The molecule has 1 saturated heterocycles. The summed E-state index contributed by atoms with van der Waals surface area (Å²) in [4.78, 5) is 38.6. The van der Waals surface area contributed by atoms with Crippen molar-refractivity contribution in [1.82, 2.24) is 4.90 Å². The van der Waals surface area contributed by atoms with E-state index in [1.807, 2.05) is 26.0 Å². The van der Waals surface area contributed by atoms with Gasteiger partial charge in [-0.15, -0.1) is 0 Å². The van der Waals surface area contributed by atoms with E-state index >= 15 is 0 Å². The normalized spacial score (nSPS) is 14.9. The zero-order valence-electron chi connectivity index (χ0n) is 17.1. The van der Waals surface area contributed by atoms with Crippen molar-refractivity contribution >= 4 is 40.6 Å². The van der Waals surface area contributed by atoms with Gasteiger partial charge in [0.25, 0.3) is 11.1 Å². The van der Waals surface area contributed by atoms with Crippen LogP contribution in [0.3, 0.4) is 0 Å². The number of carbonyl (C=O) groups excluding carboxylic acids is 3. The van der Waals surface area contributed by atoms with Crippen LogP contribution < -0.4 is 14.8 Å². The summed E-state index contributed by atoms with van der Waals surface area (Å²) in [5.41, 5.74) is 3.32. The number of ether oxygens (including phenoxy) is 2. The number of aryl methyl sites for hydroxylation is 2. The Balaban J connectivity index is 1.73. The number of hydrogen-bond donors (Lipinski definition) is 1. The molecule has 1 fully saturated rings. The Labute approximate surface area is 179 Å².